The zero-order valence-corrected chi connectivity index (χ0v) is 21.1. The van der Waals surface area contributed by atoms with Gasteiger partial charge < -0.3 is 14.8 Å². The molecule has 0 atom stereocenters. The van der Waals surface area contributed by atoms with Crippen molar-refractivity contribution in [3.8, 4) is 11.5 Å². The Hall–Kier alpha value is -4.11. The number of ether oxygens (including phenoxy) is 2. The van der Waals surface area contributed by atoms with E-state index in [1.807, 2.05) is 26.0 Å². The van der Waals surface area contributed by atoms with Crippen LogP contribution in [0.2, 0.25) is 0 Å². The van der Waals surface area contributed by atoms with Crippen LogP contribution in [0.4, 0.5) is 14.9 Å². The summed E-state index contributed by atoms with van der Waals surface area (Å²) in [4.78, 5) is 39.0. The van der Waals surface area contributed by atoms with Crippen LogP contribution >= 0.6 is 11.8 Å². The van der Waals surface area contributed by atoms with Crippen molar-refractivity contribution in [1.82, 2.24) is 4.90 Å². The fourth-order valence-corrected chi connectivity index (χ4v) is 4.45. The summed E-state index contributed by atoms with van der Waals surface area (Å²) in [6.45, 7) is 3.68. The van der Waals surface area contributed by atoms with Gasteiger partial charge in [-0.25, -0.2) is 4.39 Å². The zero-order valence-electron chi connectivity index (χ0n) is 20.3. The number of aryl methyl sites for hydroxylation is 1. The molecule has 9 heteroatoms. The minimum atomic E-state index is -0.548. The first-order chi connectivity index (χ1) is 17.9. The monoisotopic (exact) mass is 520 g/mol. The van der Waals surface area contributed by atoms with Crippen LogP contribution in [-0.2, 0) is 16.2 Å². The van der Waals surface area contributed by atoms with Crippen LogP contribution in [0.1, 0.15) is 23.6 Å². The lowest BCUT2D eigenvalue weighted by molar-refractivity contribution is -0.127. The summed E-state index contributed by atoms with van der Waals surface area (Å²) in [6.07, 6.45) is 1.56. The Morgan fingerprint density at radius 1 is 1.03 bits per heavy atom. The Labute approximate surface area is 218 Å². The molecule has 0 radical (unpaired) electrons. The van der Waals surface area contributed by atoms with Crippen molar-refractivity contribution in [2.75, 3.05) is 18.5 Å². The van der Waals surface area contributed by atoms with Crippen LogP contribution in [0.3, 0.4) is 0 Å². The van der Waals surface area contributed by atoms with E-state index in [9.17, 15) is 18.8 Å². The Bertz CT molecular complexity index is 1370. The molecule has 7 nitrogen and oxygen atoms in total. The SMILES string of the molecule is CCOc1cc(C=C2SC(=O)N(CC(=O)Nc3ccccc3C)C2=O)ccc1OCc1ccccc1F. The van der Waals surface area contributed by atoms with Crippen molar-refractivity contribution < 1.29 is 28.2 Å². The molecule has 3 aromatic carbocycles. The number of para-hydroxylation sites is 1. The van der Waals surface area contributed by atoms with Crippen molar-refractivity contribution in [1.29, 1.82) is 0 Å². The number of rotatable bonds is 9. The van der Waals surface area contributed by atoms with Crippen LogP contribution in [0.25, 0.3) is 6.08 Å². The van der Waals surface area contributed by atoms with Crippen LogP contribution in [0.5, 0.6) is 11.5 Å². The van der Waals surface area contributed by atoms with Crippen LogP contribution < -0.4 is 14.8 Å². The molecular formula is C28H25FN2O5S. The average molecular weight is 521 g/mol. The lowest BCUT2D eigenvalue weighted by atomic mass is 10.1. The van der Waals surface area contributed by atoms with E-state index in [1.54, 1.807) is 54.6 Å². The minimum absolute atomic E-state index is 0.0234. The van der Waals surface area contributed by atoms with Gasteiger partial charge >= 0.3 is 0 Å². The fraction of sp³-hybridized carbons (Fsp3) is 0.179. The molecule has 1 saturated heterocycles. The van der Waals surface area contributed by atoms with Crippen molar-refractivity contribution in [3.63, 3.8) is 0 Å². The van der Waals surface area contributed by atoms with Gasteiger partial charge in [-0.3, -0.25) is 19.3 Å². The number of carbonyl (C=O) groups is 3. The Balaban J connectivity index is 1.46. The molecule has 0 bridgehead atoms. The molecule has 0 spiro atoms. The third-order valence-corrected chi connectivity index (χ3v) is 6.41. The molecule has 4 rings (SSSR count). The van der Waals surface area contributed by atoms with E-state index in [0.717, 1.165) is 22.2 Å². The Morgan fingerprint density at radius 2 is 1.78 bits per heavy atom. The molecule has 1 aliphatic rings. The van der Waals surface area contributed by atoms with E-state index in [1.165, 1.54) is 6.07 Å². The van der Waals surface area contributed by atoms with Gasteiger partial charge in [0.25, 0.3) is 11.1 Å². The third-order valence-electron chi connectivity index (χ3n) is 5.50. The molecular weight excluding hydrogens is 495 g/mol. The van der Waals surface area contributed by atoms with Gasteiger partial charge in [0.1, 0.15) is 19.0 Å². The average Bonchev–Trinajstić information content (AvgIpc) is 3.13. The normalized spacial score (nSPS) is 14.2. The first-order valence-corrected chi connectivity index (χ1v) is 12.4. The molecule has 1 N–H and O–H groups in total. The summed E-state index contributed by atoms with van der Waals surface area (Å²) in [6, 6.07) is 18.6. The Morgan fingerprint density at radius 3 is 2.54 bits per heavy atom. The second kappa shape index (κ2) is 11.7. The number of nitrogens with one attached hydrogen (secondary N) is 1. The number of anilines is 1. The van der Waals surface area contributed by atoms with E-state index in [-0.39, 0.29) is 23.9 Å². The molecule has 3 aromatic rings. The zero-order chi connectivity index (χ0) is 26.4. The number of carbonyl (C=O) groups excluding carboxylic acids is 3. The molecule has 0 aromatic heterocycles. The highest BCUT2D eigenvalue weighted by Crippen LogP contribution is 2.35. The van der Waals surface area contributed by atoms with Gasteiger partial charge in [0.2, 0.25) is 5.91 Å². The minimum Gasteiger partial charge on any atom is -0.490 e. The lowest BCUT2D eigenvalue weighted by Gasteiger charge is -2.14. The lowest BCUT2D eigenvalue weighted by Crippen LogP contribution is -2.36. The van der Waals surface area contributed by atoms with Crippen molar-refractivity contribution in [3.05, 3.63) is 94.1 Å². The number of benzene rings is 3. The van der Waals surface area contributed by atoms with Crippen LogP contribution in [0.15, 0.2) is 71.6 Å². The van der Waals surface area contributed by atoms with Crippen molar-refractivity contribution >= 4 is 40.6 Å². The third kappa shape index (κ3) is 6.37. The van der Waals surface area contributed by atoms with Gasteiger partial charge in [-0.05, 0) is 67.1 Å². The highest BCUT2D eigenvalue weighted by molar-refractivity contribution is 8.18. The smallest absolute Gasteiger partial charge is 0.294 e. The predicted molar refractivity (Wildman–Crippen MR) is 141 cm³/mol. The summed E-state index contributed by atoms with van der Waals surface area (Å²) in [5.74, 6) is -0.534. The largest absolute Gasteiger partial charge is 0.490 e. The maximum absolute atomic E-state index is 13.9. The molecule has 1 heterocycles. The van der Waals surface area contributed by atoms with Gasteiger partial charge in [-0.2, -0.15) is 0 Å². The summed E-state index contributed by atoms with van der Waals surface area (Å²) in [5, 5.41) is 2.21. The molecule has 0 aliphatic carbocycles. The summed E-state index contributed by atoms with van der Waals surface area (Å²) < 4.78 is 25.4. The number of halogens is 1. The molecule has 0 saturated carbocycles. The second-order valence-corrected chi connectivity index (χ2v) is 9.14. The van der Waals surface area contributed by atoms with Gasteiger partial charge in [-0.15, -0.1) is 0 Å². The number of thioether (sulfide) groups is 1. The maximum atomic E-state index is 13.9. The van der Waals surface area contributed by atoms with Gasteiger partial charge in [0, 0.05) is 11.3 Å². The summed E-state index contributed by atoms with van der Waals surface area (Å²) in [5.41, 5.74) is 2.51. The molecule has 190 valence electrons. The standard InChI is InChI=1S/C28H25FN2O5S/c1-3-35-24-14-19(12-13-23(24)36-17-20-9-5-6-10-21(20)29)15-25-27(33)31(28(34)37-25)16-26(32)30-22-11-7-4-8-18(22)2/h4-15H,3,16-17H2,1-2H3,(H,30,32). The summed E-state index contributed by atoms with van der Waals surface area (Å²) >= 11 is 0.765. The van der Waals surface area contributed by atoms with E-state index < -0.39 is 17.1 Å². The summed E-state index contributed by atoms with van der Waals surface area (Å²) in [7, 11) is 0. The van der Waals surface area contributed by atoms with E-state index in [0.29, 0.717) is 34.9 Å². The Kier molecular flexibility index (Phi) is 8.25. The number of imide groups is 1. The number of nitrogens with zero attached hydrogens (tertiary/aromatic N) is 1. The second-order valence-electron chi connectivity index (χ2n) is 8.15. The molecule has 37 heavy (non-hydrogen) atoms. The van der Waals surface area contributed by atoms with Crippen molar-refractivity contribution in [2.24, 2.45) is 0 Å². The molecule has 3 amide bonds. The molecule has 1 aliphatic heterocycles. The van der Waals surface area contributed by atoms with Crippen molar-refractivity contribution in [2.45, 2.75) is 20.5 Å². The highest BCUT2D eigenvalue weighted by Gasteiger charge is 2.36. The first kappa shape index (κ1) is 26.0. The van der Waals surface area contributed by atoms with Gasteiger partial charge in [-0.1, -0.05) is 42.5 Å². The fourth-order valence-electron chi connectivity index (χ4n) is 3.61. The van der Waals surface area contributed by atoms with E-state index in [4.69, 9.17) is 9.47 Å². The predicted octanol–water partition coefficient (Wildman–Crippen LogP) is 5.79. The topological polar surface area (TPSA) is 84.9 Å². The van der Waals surface area contributed by atoms with Gasteiger partial charge in [0.05, 0.1) is 11.5 Å². The number of amides is 3. The van der Waals surface area contributed by atoms with Crippen LogP contribution in [-0.4, -0.2) is 35.1 Å². The maximum Gasteiger partial charge on any atom is 0.294 e. The first-order valence-electron chi connectivity index (χ1n) is 11.6. The van der Waals surface area contributed by atoms with E-state index in [2.05, 4.69) is 5.32 Å². The quantitative estimate of drug-likeness (QED) is 0.360. The number of hydrogen-bond donors (Lipinski definition) is 1. The highest BCUT2D eigenvalue weighted by atomic mass is 32.2. The van der Waals surface area contributed by atoms with Gasteiger partial charge in [0.15, 0.2) is 11.5 Å². The van der Waals surface area contributed by atoms with E-state index >= 15 is 0 Å². The molecule has 0 unspecified atom stereocenters. The number of hydrogen-bond acceptors (Lipinski definition) is 6. The van der Waals surface area contributed by atoms with Crippen LogP contribution in [0, 0.1) is 12.7 Å². The molecule has 1 fully saturated rings.